The molecule has 3 heterocycles. The quantitative estimate of drug-likeness (QED) is 0.888. The highest BCUT2D eigenvalue weighted by atomic mass is 32.1. The molecule has 0 bridgehead atoms. The van der Waals surface area contributed by atoms with Gasteiger partial charge in [0.15, 0.2) is 5.82 Å². The van der Waals surface area contributed by atoms with Gasteiger partial charge in [-0.1, -0.05) is 5.16 Å². The Hall–Kier alpha value is -1.40. The van der Waals surface area contributed by atoms with E-state index in [2.05, 4.69) is 10.1 Å². The summed E-state index contributed by atoms with van der Waals surface area (Å²) in [5, 5.41) is 15.4. The third kappa shape index (κ3) is 2.05. The zero-order valence-electron chi connectivity index (χ0n) is 9.13. The average molecular weight is 252 g/mol. The molecule has 1 fully saturated rings. The van der Waals surface area contributed by atoms with E-state index in [0.29, 0.717) is 16.7 Å². The van der Waals surface area contributed by atoms with Gasteiger partial charge in [-0.2, -0.15) is 4.98 Å². The molecule has 0 atom stereocenters. The maximum absolute atomic E-state index is 9.59. The second kappa shape index (κ2) is 4.46. The summed E-state index contributed by atoms with van der Waals surface area (Å²) >= 11 is 1.39. The average Bonchev–Trinajstić information content (AvgIpc) is 2.98. The fourth-order valence-electron chi connectivity index (χ4n) is 1.91. The van der Waals surface area contributed by atoms with Crippen LogP contribution in [0, 0.1) is 0 Å². The first-order valence-electron chi connectivity index (χ1n) is 5.53. The van der Waals surface area contributed by atoms with Crippen molar-refractivity contribution in [3.05, 3.63) is 17.3 Å². The first-order valence-corrected chi connectivity index (χ1v) is 6.41. The van der Waals surface area contributed by atoms with Crippen molar-refractivity contribution >= 4 is 11.3 Å². The van der Waals surface area contributed by atoms with Crippen molar-refractivity contribution in [1.82, 2.24) is 10.1 Å². The molecule has 2 aromatic heterocycles. The van der Waals surface area contributed by atoms with Crippen molar-refractivity contribution < 1.29 is 14.4 Å². The lowest BCUT2D eigenvalue weighted by molar-refractivity contribution is 0.0830. The van der Waals surface area contributed by atoms with Crippen LogP contribution in [0.15, 0.2) is 16.0 Å². The summed E-state index contributed by atoms with van der Waals surface area (Å²) < 4.78 is 10.5. The van der Waals surface area contributed by atoms with Gasteiger partial charge < -0.3 is 14.4 Å². The van der Waals surface area contributed by atoms with Gasteiger partial charge >= 0.3 is 0 Å². The van der Waals surface area contributed by atoms with Crippen molar-refractivity contribution in [1.29, 1.82) is 0 Å². The van der Waals surface area contributed by atoms with Gasteiger partial charge in [0.25, 0.3) is 5.89 Å². The topological polar surface area (TPSA) is 68.4 Å². The highest BCUT2D eigenvalue weighted by Gasteiger charge is 2.22. The molecule has 1 aliphatic rings. The second-order valence-corrected chi connectivity index (χ2v) is 4.90. The number of thiophene rings is 1. The lowest BCUT2D eigenvalue weighted by Gasteiger charge is -2.18. The van der Waals surface area contributed by atoms with E-state index < -0.39 is 0 Å². The molecule has 5 nitrogen and oxygen atoms in total. The first-order chi connectivity index (χ1) is 8.34. The molecule has 6 heteroatoms. The van der Waals surface area contributed by atoms with Crippen molar-refractivity contribution in [3.8, 4) is 16.5 Å². The summed E-state index contributed by atoms with van der Waals surface area (Å²) in [5.74, 6) is 1.62. The standard InChI is InChI=1S/C11H12N2O3S/c14-8-3-6-17-9(8)11-12-10(13-16-11)7-1-4-15-5-2-7/h3,6-7,14H,1-2,4-5H2. The number of ether oxygens (including phenoxy) is 1. The third-order valence-corrected chi connectivity index (χ3v) is 3.76. The summed E-state index contributed by atoms with van der Waals surface area (Å²) in [6, 6.07) is 1.62. The van der Waals surface area contributed by atoms with Crippen LogP contribution in [-0.4, -0.2) is 28.5 Å². The fraction of sp³-hybridized carbons (Fsp3) is 0.455. The van der Waals surface area contributed by atoms with Crippen LogP contribution in [0.3, 0.4) is 0 Å². The molecule has 90 valence electrons. The molecular formula is C11H12N2O3S. The Labute approximate surface area is 102 Å². The Morgan fingerprint density at radius 3 is 2.88 bits per heavy atom. The number of aromatic hydroxyl groups is 1. The minimum absolute atomic E-state index is 0.192. The highest BCUT2D eigenvalue weighted by Crippen LogP contribution is 2.34. The Kier molecular flexibility index (Phi) is 2.82. The predicted molar refractivity (Wildman–Crippen MR) is 62.1 cm³/mol. The molecule has 0 radical (unpaired) electrons. The smallest absolute Gasteiger partial charge is 0.271 e. The van der Waals surface area contributed by atoms with Crippen LogP contribution < -0.4 is 0 Å². The molecular weight excluding hydrogens is 240 g/mol. The highest BCUT2D eigenvalue weighted by molar-refractivity contribution is 7.13. The lowest BCUT2D eigenvalue weighted by Crippen LogP contribution is -2.15. The molecule has 3 rings (SSSR count). The van der Waals surface area contributed by atoms with Crippen LogP contribution in [0.5, 0.6) is 5.75 Å². The molecule has 0 saturated carbocycles. The maximum atomic E-state index is 9.59. The van der Waals surface area contributed by atoms with Gasteiger partial charge in [0, 0.05) is 19.1 Å². The number of rotatable bonds is 2. The minimum atomic E-state index is 0.192. The van der Waals surface area contributed by atoms with E-state index in [1.54, 1.807) is 11.4 Å². The summed E-state index contributed by atoms with van der Waals surface area (Å²) in [6.45, 7) is 1.50. The van der Waals surface area contributed by atoms with Gasteiger partial charge in [-0.05, 0) is 24.3 Å². The minimum Gasteiger partial charge on any atom is -0.506 e. The third-order valence-electron chi connectivity index (χ3n) is 2.87. The van der Waals surface area contributed by atoms with Crippen molar-refractivity contribution in [3.63, 3.8) is 0 Å². The largest absolute Gasteiger partial charge is 0.506 e. The van der Waals surface area contributed by atoms with Crippen LogP contribution in [-0.2, 0) is 4.74 Å². The van der Waals surface area contributed by atoms with E-state index >= 15 is 0 Å². The van der Waals surface area contributed by atoms with E-state index in [9.17, 15) is 5.11 Å². The van der Waals surface area contributed by atoms with E-state index in [1.807, 2.05) is 0 Å². The second-order valence-electron chi connectivity index (χ2n) is 3.98. The monoisotopic (exact) mass is 252 g/mol. The number of nitrogens with zero attached hydrogens (tertiary/aromatic N) is 2. The summed E-state index contributed by atoms with van der Waals surface area (Å²) in [5.41, 5.74) is 0. The predicted octanol–water partition coefficient (Wildman–Crippen LogP) is 2.40. The van der Waals surface area contributed by atoms with E-state index in [-0.39, 0.29) is 5.75 Å². The van der Waals surface area contributed by atoms with E-state index in [1.165, 1.54) is 11.3 Å². The molecule has 1 saturated heterocycles. The van der Waals surface area contributed by atoms with Crippen LogP contribution in [0.1, 0.15) is 24.6 Å². The first kappa shape index (κ1) is 10.7. The molecule has 0 aromatic carbocycles. The van der Waals surface area contributed by atoms with Crippen LogP contribution >= 0.6 is 11.3 Å². The van der Waals surface area contributed by atoms with Gasteiger partial charge in [-0.3, -0.25) is 0 Å². The van der Waals surface area contributed by atoms with Gasteiger partial charge in [0.1, 0.15) is 10.6 Å². The molecule has 17 heavy (non-hydrogen) atoms. The summed E-state index contributed by atoms with van der Waals surface area (Å²) in [7, 11) is 0. The molecule has 0 amide bonds. The number of aromatic nitrogens is 2. The fourth-order valence-corrected chi connectivity index (χ4v) is 2.62. The number of hydrogen-bond acceptors (Lipinski definition) is 6. The van der Waals surface area contributed by atoms with Crippen molar-refractivity contribution in [2.75, 3.05) is 13.2 Å². The lowest BCUT2D eigenvalue weighted by atomic mass is 10.00. The Morgan fingerprint density at radius 1 is 1.35 bits per heavy atom. The normalized spacial score (nSPS) is 17.4. The Balaban J connectivity index is 1.85. The summed E-state index contributed by atoms with van der Waals surface area (Å²) in [6.07, 6.45) is 1.85. The molecule has 0 spiro atoms. The molecule has 0 aliphatic carbocycles. The van der Waals surface area contributed by atoms with Crippen molar-refractivity contribution in [2.24, 2.45) is 0 Å². The van der Waals surface area contributed by atoms with Gasteiger partial charge in [0.05, 0.1) is 0 Å². The van der Waals surface area contributed by atoms with Gasteiger partial charge in [-0.25, -0.2) is 0 Å². The van der Waals surface area contributed by atoms with E-state index in [4.69, 9.17) is 9.26 Å². The Bertz CT molecular complexity index is 502. The molecule has 0 unspecified atom stereocenters. The number of hydrogen-bond donors (Lipinski definition) is 1. The maximum Gasteiger partial charge on any atom is 0.271 e. The molecule has 1 N–H and O–H groups in total. The Morgan fingerprint density at radius 2 is 2.18 bits per heavy atom. The van der Waals surface area contributed by atoms with Crippen LogP contribution in [0.25, 0.3) is 10.8 Å². The van der Waals surface area contributed by atoms with Crippen LogP contribution in [0.4, 0.5) is 0 Å². The van der Waals surface area contributed by atoms with Gasteiger partial charge in [0.2, 0.25) is 0 Å². The summed E-state index contributed by atoms with van der Waals surface area (Å²) in [4.78, 5) is 4.99. The SMILES string of the molecule is Oc1ccsc1-c1nc(C2CCOCC2)no1. The van der Waals surface area contributed by atoms with E-state index in [0.717, 1.165) is 31.9 Å². The zero-order valence-corrected chi connectivity index (χ0v) is 9.94. The zero-order chi connectivity index (χ0) is 11.7. The molecule has 2 aromatic rings. The van der Waals surface area contributed by atoms with Crippen LogP contribution in [0.2, 0.25) is 0 Å². The van der Waals surface area contributed by atoms with Gasteiger partial charge in [-0.15, -0.1) is 11.3 Å². The molecule has 1 aliphatic heterocycles. The van der Waals surface area contributed by atoms with Crippen molar-refractivity contribution in [2.45, 2.75) is 18.8 Å².